The summed E-state index contributed by atoms with van der Waals surface area (Å²) in [6, 6.07) is 7.54. The van der Waals surface area contributed by atoms with Gasteiger partial charge in [0.2, 0.25) is 5.95 Å². The Morgan fingerprint density at radius 2 is 1.81 bits per heavy atom. The van der Waals surface area contributed by atoms with E-state index in [1.807, 2.05) is 31.2 Å². The van der Waals surface area contributed by atoms with Crippen molar-refractivity contribution in [3.8, 4) is 17.0 Å². The molecule has 1 aromatic heterocycles. The molecule has 0 radical (unpaired) electrons. The van der Waals surface area contributed by atoms with Crippen LogP contribution in [0, 0.1) is 6.92 Å². The van der Waals surface area contributed by atoms with Crippen LogP contribution in [0.4, 0.5) is 5.95 Å². The average Bonchev–Trinajstić information content (AvgIpc) is 2.68. The summed E-state index contributed by atoms with van der Waals surface area (Å²) in [4.78, 5) is 24.1. The molecule has 0 bridgehead atoms. The number of aromatic nitrogens is 2. The highest BCUT2D eigenvalue weighted by atomic mass is 16.5. The van der Waals surface area contributed by atoms with Crippen LogP contribution in [0.2, 0.25) is 0 Å². The molecule has 138 valence electrons. The van der Waals surface area contributed by atoms with Gasteiger partial charge in [-0.25, -0.2) is 14.8 Å². The van der Waals surface area contributed by atoms with Crippen LogP contribution in [0.15, 0.2) is 24.3 Å². The molecule has 0 aliphatic carbocycles. The fraction of sp³-hybridized carbons (Fsp3) is 0.450. The quantitative estimate of drug-likeness (QED) is 0.763. The Hall–Kier alpha value is -2.63. The summed E-state index contributed by atoms with van der Waals surface area (Å²) in [6.07, 6.45) is 3.52. The second-order valence-electron chi connectivity index (χ2n) is 6.33. The summed E-state index contributed by atoms with van der Waals surface area (Å²) >= 11 is 0. The zero-order chi connectivity index (χ0) is 18.5. The fourth-order valence-corrected chi connectivity index (χ4v) is 3.20. The van der Waals surface area contributed by atoms with Crippen molar-refractivity contribution in [3.63, 3.8) is 0 Å². The SMILES string of the molecule is CCOC(=O)c1c(C)nc(N2CCCCC2)nc1-c1ccc(OC)cc1. The Morgan fingerprint density at radius 1 is 1.12 bits per heavy atom. The predicted octanol–water partition coefficient (Wildman–Crippen LogP) is 3.63. The molecule has 0 spiro atoms. The number of benzene rings is 1. The summed E-state index contributed by atoms with van der Waals surface area (Å²) in [5.74, 6) is 1.05. The third-order valence-electron chi connectivity index (χ3n) is 4.56. The van der Waals surface area contributed by atoms with Crippen molar-refractivity contribution in [3.05, 3.63) is 35.5 Å². The molecule has 0 saturated carbocycles. The number of carbonyl (C=O) groups excluding carboxylic acids is 1. The van der Waals surface area contributed by atoms with Gasteiger partial charge in [-0.15, -0.1) is 0 Å². The molecule has 26 heavy (non-hydrogen) atoms. The zero-order valence-electron chi connectivity index (χ0n) is 15.6. The van der Waals surface area contributed by atoms with Gasteiger partial charge in [0, 0.05) is 18.7 Å². The van der Waals surface area contributed by atoms with Crippen LogP contribution in [0.5, 0.6) is 5.75 Å². The summed E-state index contributed by atoms with van der Waals surface area (Å²) in [7, 11) is 1.63. The molecule has 1 aliphatic rings. The number of hydrogen-bond donors (Lipinski definition) is 0. The van der Waals surface area contributed by atoms with Gasteiger partial charge in [0.15, 0.2) is 0 Å². The maximum atomic E-state index is 12.5. The highest BCUT2D eigenvalue weighted by Crippen LogP contribution is 2.29. The lowest BCUT2D eigenvalue weighted by atomic mass is 10.0. The van der Waals surface area contributed by atoms with Gasteiger partial charge >= 0.3 is 5.97 Å². The molecule has 3 rings (SSSR count). The number of aryl methyl sites for hydroxylation is 1. The minimum Gasteiger partial charge on any atom is -0.497 e. The zero-order valence-corrected chi connectivity index (χ0v) is 15.6. The van der Waals surface area contributed by atoms with Crippen molar-refractivity contribution < 1.29 is 14.3 Å². The number of nitrogens with zero attached hydrogens (tertiary/aromatic N) is 3. The highest BCUT2D eigenvalue weighted by molar-refractivity contribution is 5.97. The summed E-state index contributed by atoms with van der Waals surface area (Å²) in [6.45, 7) is 5.84. The molecule has 0 unspecified atom stereocenters. The molecule has 0 atom stereocenters. The lowest BCUT2D eigenvalue weighted by Crippen LogP contribution is -2.31. The van der Waals surface area contributed by atoms with E-state index in [0.29, 0.717) is 29.5 Å². The number of esters is 1. The van der Waals surface area contributed by atoms with Gasteiger partial charge in [0.25, 0.3) is 0 Å². The van der Waals surface area contributed by atoms with Crippen LogP contribution in [0.1, 0.15) is 42.2 Å². The van der Waals surface area contributed by atoms with Gasteiger partial charge in [-0.1, -0.05) is 0 Å². The van der Waals surface area contributed by atoms with Crippen LogP contribution in [-0.4, -0.2) is 42.7 Å². The van der Waals surface area contributed by atoms with Gasteiger partial charge in [0.05, 0.1) is 25.1 Å². The van der Waals surface area contributed by atoms with Crippen molar-refractivity contribution in [1.29, 1.82) is 0 Å². The molecule has 1 aromatic carbocycles. The number of anilines is 1. The number of piperidine rings is 1. The summed E-state index contributed by atoms with van der Waals surface area (Å²) in [5, 5.41) is 0. The molecule has 1 saturated heterocycles. The van der Waals surface area contributed by atoms with E-state index in [1.165, 1.54) is 6.42 Å². The lowest BCUT2D eigenvalue weighted by molar-refractivity contribution is 0.0525. The van der Waals surface area contributed by atoms with E-state index in [2.05, 4.69) is 9.88 Å². The maximum absolute atomic E-state index is 12.5. The van der Waals surface area contributed by atoms with E-state index in [4.69, 9.17) is 14.5 Å². The van der Waals surface area contributed by atoms with Crippen LogP contribution >= 0.6 is 0 Å². The summed E-state index contributed by atoms with van der Waals surface area (Å²) in [5.41, 5.74) is 2.53. The van der Waals surface area contributed by atoms with Gasteiger partial charge in [-0.2, -0.15) is 0 Å². The molecule has 2 heterocycles. The second-order valence-corrected chi connectivity index (χ2v) is 6.33. The number of carbonyl (C=O) groups is 1. The minimum atomic E-state index is -0.388. The smallest absolute Gasteiger partial charge is 0.342 e. The number of ether oxygens (including phenoxy) is 2. The number of methoxy groups -OCH3 is 1. The van der Waals surface area contributed by atoms with Crippen LogP contribution in [0.25, 0.3) is 11.3 Å². The third-order valence-corrected chi connectivity index (χ3v) is 4.56. The topological polar surface area (TPSA) is 64.5 Å². The van der Waals surface area contributed by atoms with Gasteiger partial charge < -0.3 is 14.4 Å². The van der Waals surface area contributed by atoms with Gasteiger partial charge in [0.1, 0.15) is 11.3 Å². The number of hydrogen-bond acceptors (Lipinski definition) is 6. The van der Waals surface area contributed by atoms with Crippen LogP contribution < -0.4 is 9.64 Å². The van der Waals surface area contributed by atoms with E-state index >= 15 is 0 Å². The molecule has 1 fully saturated rings. The standard InChI is InChI=1S/C20H25N3O3/c1-4-26-19(24)17-14(2)21-20(23-12-6-5-7-13-23)22-18(17)15-8-10-16(25-3)11-9-15/h8-11H,4-7,12-13H2,1-3H3. The first kappa shape index (κ1) is 18.2. The molecule has 2 aromatic rings. The van der Waals surface area contributed by atoms with Crippen LogP contribution in [-0.2, 0) is 4.74 Å². The normalized spacial score (nSPS) is 14.2. The van der Waals surface area contributed by atoms with Gasteiger partial charge in [-0.05, 0) is 57.4 Å². The predicted molar refractivity (Wildman–Crippen MR) is 101 cm³/mol. The van der Waals surface area contributed by atoms with E-state index in [9.17, 15) is 4.79 Å². The summed E-state index contributed by atoms with van der Waals surface area (Å²) < 4.78 is 10.5. The Morgan fingerprint density at radius 3 is 2.42 bits per heavy atom. The Balaban J connectivity index is 2.09. The van der Waals surface area contributed by atoms with Crippen molar-refractivity contribution in [2.24, 2.45) is 0 Å². The average molecular weight is 355 g/mol. The minimum absolute atomic E-state index is 0.314. The van der Waals surface area contributed by atoms with Crippen molar-refractivity contribution >= 4 is 11.9 Å². The van der Waals surface area contributed by atoms with E-state index < -0.39 is 0 Å². The molecule has 6 nitrogen and oxygen atoms in total. The molecular formula is C20H25N3O3. The Kier molecular flexibility index (Phi) is 5.71. The largest absolute Gasteiger partial charge is 0.497 e. The molecular weight excluding hydrogens is 330 g/mol. The monoisotopic (exact) mass is 355 g/mol. The molecule has 6 heteroatoms. The highest BCUT2D eigenvalue weighted by Gasteiger charge is 2.23. The first-order valence-electron chi connectivity index (χ1n) is 9.09. The Labute approximate surface area is 154 Å². The first-order chi connectivity index (χ1) is 12.6. The molecule has 1 aliphatic heterocycles. The van der Waals surface area contributed by atoms with E-state index in [-0.39, 0.29) is 5.97 Å². The van der Waals surface area contributed by atoms with Crippen molar-refractivity contribution in [2.45, 2.75) is 33.1 Å². The first-order valence-corrected chi connectivity index (χ1v) is 9.09. The van der Waals surface area contributed by atoms with E-state index in [0.717, 1.165) is 37.2 Å². The second kappa shape index (κ2) is 8.17. The van der Waals surface area contributed by atoms with E-state index in [1.54, 1.807) is 14.0 Å². The molecule has 0 N–H and O–H groups in total. The fourth-order valence-electron chi connectivity index (χ4n) is 3.20. The molecule has 0 amide bonds. The Bertz CT molecular complexity index is 769. The number of rotatable bonds is 5. The third kappa shape index (κ3) is 3.79. The lowest BCUT2D eigenvalue weighted by Gasteiger charge is -2.27. The van der Waals surface area contributed by atoms with Crippen molar-refractivity contribution in [2.75, 3.05) is 31.7 Å². The van der Waals surface area contributed by atoms with Gasteiger partial charge in [-0.3, -0.25) is 0 Å². The maximum Gasteiger partial charge on any atom is 0.342 e. The van der Waals surface area contributed by atoms with Crippen molar-refractivity contribution in [1.82, 2.24) is 9.97 Å². The van der Waals surface area contributed by atoms with Crippen LogP contribution in [0.3, 0.4) is 0 Å².